The molecule has 1 rings (SSSR count). The average Bonchev–Trinajstić information content (AvgIpc) is 2.31. The summed E-state index contributed by atoms with van der Waals surface area (Å²) in [6.07, 6.45) is -4.51. The van der Waals surface area contributed by atoms with Crippen LogP contribution in [0.1, 0.15) is 18.9 Å². The number of amides is 1. The number of hydrogen-bond acceptors (Lipinski definition) is 2. The van der Waals surface area contributed by atoms with Gasteiger partial charge in [-0.2, -0.15) is 13.2 Å². The first kappa shape index (κ1) is 15.4. The van der Waals surface area contributed by atoms with Crippen molar-refractivity contribution in [3.05, 3.63) is 29.6 Å². The van der Waals surface area contributed by atoms with Crippen molar-refractivity contribution in [2.24, 2.45) is 0 Å². The van der Waals surface area contributed by atoms with Crippen LogP contribution in [0.2, 0.25) is 0 Å². The molecule has 0 heterocycles. The number of carbonyl (C=O) groups is 1. The first-order valence-corrected chi connectivity index (χ1v) is 5.72. The SMILES string of the molecule is CCNCCC(=O)Nc1cc(C(F)(F)F)ccc1F. The van der Waals surface area contributed by atoms with Crippen LogP contribution in [0.15, 0.2) is 18.2 Å². The summed E-state index contributed by atoms with van der Waals surface area (Å²) in [5.74, 6) is -1.44. The van der Waals surface area contributed by atoms with Crippen molar-refractivity contribution in [2.75, 3.05) is 18.4 Å². The van der Waals surface area contributed by atoms with Gasteiger partial charge in [0.1, 0.15) is 5.82 Å². The van der Waals surface area contributed by atoms with E-state index in [1.54, 1.807) is 0 Å². The summed E-state index contributed by atoms with van der Waals surface area (Å²) in [5, 5.41) is 5.01. The zero-order valence-electron chi connectivity index (χ0n) is 10.3. The lowest BCUT2D eigenvalue weighted by molar-refractivity contribution is -0.137. The third kappa shape index (κ3) is 4.86. The summed E-state index contributed by atoms with van der Waals surface area (Å²) in [6, 6.07) is 1.90. The Hall–Kier alpha value is -1.63. The number of hydrogen-bond donors (Lipinski definition) is 2. The van der Waals surface area contributed by atoms with Crippen LogP contribution in [0.5, 0.6) is 0 Å². The number of benzene rings is 1. The molecule has 0 aliphatic carbocycles. The van der Waals surface area contributed by atoms with E-state index >= 15 is 0 Å². The van der Waals surface area contributed by atoms with Crippen molar-refractivity contribution >= 4 is 11.6 Å². The second-order valence-corrected chi connectivity index (χ2v) is 3.84. The molecule has 3 nitrogen and oxygen atoms in total. The van der Waals surface area contributed by atoms with E-state index in [1.807, 2.05) is 6.92 Å². The fraction of sp³-hybridized carbons (Fsp3) is 0.417. The van der Waals surface area contributed by atoms with E-state index in [9.17, 15) is 22.4 Å². The van der Waals surface area contributed by atoms with Crippen LogP contribution < -0.4 is 10.6 Å². The van der Waals surface area contributed by atoms with Gasteiger partial charge in [0.25, 0.3) is 0 Å². The van der Waals surface area contributed by atoms with Crippen molar-refractivity contribution in [3.8, 4) is 0 Å². The van der Waals surface area contributed by atoms with Gasteiger partial charge in [-0.25, -0.2) is 4.39 Å². The van der Waals surface area contributed by atoms with Crippen LogP contribution >= 0.6 is 0 Å². The molecular weight excluding hydrogens is 264 g/mol. The van der Waals surface area contributed by atoms with Crippen LogP contribution in [0.4, 0.5) is 23.2 Å². The van der Waals surface area contributed by atoms with E-state index in [0.717, 1.165) is 0 Å². The molecular formula is C12H14F4N2O. The van der Waals surface area contributed by atoms with E-state index in [1.165, 1.54) is 0 Å². The van der Waals surface area contributed by atoms with Crippen LogP contribution in [0.3, 0.4) is 0 Å². The van der Waals surface area contributed by atoms with Crippen molar-refractivity contribution in [1.82, 2.24) is 5.32 Å². The molecule has 0 bridgehead atoms. The van der Waals surface area contributed by atoms with Crippen LogP contribution in [0, 0.1) is 5.82 Å². The molecule has 19 heavy (non-hydrogen) atoms. The van der Waals surface area contributed by atoms with Crippen LogP contribution in [-0.4, -0.2) is 19.0 Å². The van der Waals surface area contributed by atoms with Crippen molar-refractivity contribution < 1.29 is 22.4 Å². The molecule has 0 spiro atoms. The summed E-state index contributed by atoms with van der Waals surface area (Å²) in [7, 11) is 0. The molecule has 0 aromatic heterocycles. The smallest absolute Gasteiger partial charge is 0.324 e. The highest BCUT2D eigenvalue weighted by Crippen LogP contribution is 2.31. The predicted molar refractivity (Wildman–Crippen MR) is 63.2 cm³/mol. The van der Waals surface area contributed by atoms with Crippen molar-refractivity contribution in [1.29, 1.82) is 0 Å². The molecule has 1 amide bonds. The molecule has 0 aliphatic heterocycles. The van der Waals surface area contributed by atoms with Gasteiger partial charge in [0, 0.05) is 13.0 Å². The first-order valence-electron chi connectivity index (χ1n) is 5.72. The second kappa shape index (κ2) is 6.51. The molecule has 0 radical (unpaired) electrons. The fourth-order valence-corrected chi connectivity index (χ4v) is 1.39. The normalized spacial score (nSPS) is 11.4. The van der Waals surface area contributed by atoms with Gasteiger partial charge in [-0.15, -0.1) is 0 Å². The highest BCUT2D eigenvalue weighted by molar-refractivity contribution is 5.91. The van der Waals surface area contributed by atoms with Gasteiger partial charge in [-0.05, 0) is 24.7 Å². The Bertz CT molecular complexity index is 446. The fourth-order valence-electron chi connectivity index (χ4n) is 1.39. The van der Waals surface area contributed by atoms with E-state index in [0.29, 0.717) is 31.3 Å². The maximum Gasteiger partial charge on any atom is 0.416 e. The number of halogens is 4. The Morgan fingerprint density at radius 3 is 2.58 bits per heavy atom. The number of rotatable bonds is 5. The quantitative estimate of drug-likeness (QED) is 0.642. The monoisotopic (exact) mass is 278 g/mol. The van der Waals surface area contributed by atoms with Crippen LogP contribution in [-0.2, 0) is 11.0 Å². The standard InChI is InChI=1S/C12H14F4N2O/c1-2-17-6-5-11(19)18-10-7-8(12(14,15)16)3-4-9(10)13/h3-4,7,17H,2,5-6H2,1H3,(H,18,19). The van der Waals surface area contributed by atoms with Gasteiger partial charge in [0.05, 0.1) is 11.3 Å². The van der Waals surface area contributed by atoms with Crippen LogP contribution in [0.25, 0.3) is 0 Å². The van der Waals surface area contributed by atoms with Gasteiger partial charge in [0.15, 0.2) is 0 Å². The minimum atomic E-state index is -4.57. The summed E-state index contributed by atoms with van der Waals surface area (Å²) < 4.78 is 50.6. The van der Waals surface area contributed by atoms with Gasteiger partial charge in [-0.1, -0.05) is 6.92 Å². The second-order valence-electron chi connectivity index (χ2n) is 3.84. The lowest BCUT2D eigenvalue weighted by atomic mass is 10.2. The van der Waals surface area contributed by atoms with Gasteiger partial charge < -0.3 is 10.6 Å². The van der Waals surface area contributed by atoms with Gasteiger partial charge >= 0.3 is 6.18 Å². The van der Waals surface area contributed by atoms with Gasteiger partial charge in [0.2, 0.25) is 5.91 Å². The maximum absolute atomic E-state index is 13.3. The highest BCUT2D eigenvalue weighted by atomic mass is 19.4. The summed E-state index contributed by atoms with van der Waals surface area (Å²) in [6.45, 7) is 2.90. The Balaban J connectivity index is 2.74. The molecule has 0 saturated carbocycles. The minimum Gasteiger partial charge on any atom is -0.324 e. The molecule has 0 aliphatic rings. The number of alkyl halides is 3. The third-order valence-corrected chi connectivity index (χ3v) is 2.35. The Morgan fingerprint density at radius 2 is 2.00 bits per heavy atom. The Morgan fingerprint density at radius 1 is 1.32 bits per heavy atom. The zero-order chi connectivity index (χ0) is 14.5. The lowest BCUT2D eigenvalue weighted by Crippen LogP contribution is -2.22. The largest absolute Gasteiger partial charge is 0.416 e. The number of anilines is 1. The van der Waals surface area contributed by atoms with Gasteiger partial charge in [-0.3, -0.25) is 4.79 Å². The van der Waals surface area contributed by atoms with E-state index < -0.39 is 29.2 Å². The summed E-state index contributed by atoms with van der Waals surface area (Å²) in [4.78, 5) is 11.4. The Kier molecular flexibility index (Phi) is 5.29. The topological polar surface area (TPSA) is 41.1 Å². The third-order valence-electron chi connectivity index (χ3n) is 2.35. The molecule has 7 heteroatoms. The minimum absolute atomic E-state index is 0.0591. The molecule has 0 unspecified atom stereocenters. The molecule has 0 saturated heterocycles. The highest BCUT2D eigenvalue weighted by Gasteiger charge is 2.31. The molecule has 1 aromatic rings. The predicted octanol–water partition coefficient (Wildman–Crippen LogP) is 2.78. The van der Waals surface area contributed by atoms with Crippen molar-refractivity contribution in [3.63, 3.8) is 0 Å². The number of nitrogens with one attached hydrogen (secondary N) is 2. The van der Waals surface area contributed by atoms with E-state index in [4.69, 9.17) is 0 Å². The zero-order valence-corrected chi connectivity index (χ0v) is 10.3. The summed E-state index contributed by atoms with van der Waals surface area (Å²) >= 11 is 0. The molecule has 106 valence electrons. The van der Waals surface area contributed by atoms with E-state index in [2.05, 4.69) is 10.6 Å². The molecule has 1 aromatic carbocycles. The average molecular weight is 278 g/mol. The Labute approximate surface area is 108 Å². The van der Waals surface area contributed by atoms with E-state index in [-0.39, 0.29) is 6.42 Å². The molecule has 2 N–H and O–H groups in total. The lowest BCUT2D eigenvalue weighted by Gasteiger charge is -2.11. The van der Waals surface area contributed by atoms with Crippen molar-refractivity contribution in [2.45, 2.75) is 19.5 Å². The first-order chi connectivity index (χ1) is 8.84. The summed E-state index contributed by atoms with van der Waals surface area (Å²) in [5.41, 5.74) is -1.47. The molecule has 0 fully saturated rings. The number of carbonyl (C=O) groups excluding carboxylic acids is 1. The maximum atomic E-state index is 13.3. The molecule has 0 atom stereocenters.